The van der Waals surface area contributed by atoms with Gasteiger partial charge in [0.1, 0.15) is 6.54 Å². The molecule has 16 heavy (non-hydrogen) atoms. The van der Waals surface area contributed by atoms with Crippen LogP contribution in [0.25, 0.3) is 0 Å². The molecule has 0 bridgehead atoms. The summed E-state index contributed by atoms with van der Waals surface area (Å²) in [4.78, 5) is 15.0. The number of carbonyl (C=O) groups is 1. The number of rotatable bonds is 4. The maximum absolute atomic E-state index is 11.1. The zero-order chi connectivity index (χ0) is 12.0. The molecule has 5 nitrogen and oxygen atoms in total. The number of amidine groups is 1. The molecule has 2 N–H and O–H groups in total. The Morgan fingerprint density at radius 1 is 1.62 bits per heavy atom. The molecule has 0 saturated carbocycles. The number of allylic oxidation sites excluding steroid dienone is 2. The van der Waals surface area contributed by atoms with Crippen LogP contribution in [-0.2, 0) is 9.53 Å². The first-order valence-electron chi connectivity index (χ1n) is 5.05. The van der Waals surface area contributed by atoms with Gasteiger partial charge in [-0.25, -0.2) is 4.99 Å². The summed E-state index contributed by atoms with van der Waals surface area (Å²) in [6.07, 6.45) is 5.09. The van der Waals surface area contributed by atoms with E-state index in [0.717, 1.165) is 5.70 Å². The van der Waals surface area contributed by atoms with Crippen molar-refractivity contribution in [2.45, 2.75) is 13.8 Å². The van der Waals surface area contributed by atoms with Gasteiger partial charge in [-0.15, -0.1) is 0 Å². The first-order valence-corrected chi connectivity index (χ1v) is 5.05. The van der Waals surface area contributed by atoms with E-state index >= 15 is 0 Å². The fraction of sp³-hybridized carbons (Fsp3) is 0.364. The number of aliphatic imine (C=N–C) groups is 1. The van der Waals surface area contributed by atoms with Gasteiger partial charge in [-0.05, 0) is 26.0 Å². The second-order valence-electron chi connectivity index (χ2n) is 3.18. The number of esters is 1. The highest BCUT2D eigenvalue weighted by Crippen LogP contribution is 2.08. The fourth-order valence-corrected chi connectivity index (χ4v) is 1.22. The minimum atomic E-state index is -0.308. The molecule has 0 unspecified atom stereocenters. The maximum Gasteiger partial charge on any atom is 0.325 e. The summed E-state index contributed by atoms with van der Waals surface area (Å²) < 4.78 is 4.78. The third-order valence-electron chi connectivity index (χ3n) is 2.01. The Labute approximate surface area is 94.4 Å². The van der Waals surface area contributed by atoms with Crippen LogP contribution in [-0.4, -0.2) is 31.2 Å². The molecule has 0 aromatic carbocycles. The number of carbonyl (C=O) groups excluding carboxylic acids is 1. The predicted octanol–water partition coefficient (Wildman–Crippen LogP) is 1.03. The van der Waals surface area contributed by atoms with Gasteiger partial charge in [0.15, 0.2) is 5.84 Å². The largest absolute Gasteiger partial charge is 0.465 e. The van der Waals surface area contributed by atoms with E-state index in [-0.39, 0.29) is 18.3 Å². The second kappa shape index (κ2) is 5.85. The number of nitrogens with one attached hydrogen (secondary N) is 2. The van der Waals surface area contributed by atoms with E-state index in [1.54, 1.807) is 32.2 Å². The molecule has 0 atom stereocenters. The quantitative estimate of drug-likeness (QED) is 0.696. The van der Waals surface area contributed by atoms with Gasteiger partial charge in [-0.1, -0.05) is 0 Å². The molecule has 1 rings (SSSR count). The van der Waals surface area contributed by atoms with E-state index in [0.29, 0.717) is 12.2 Å². The van der Waals surface area contributed by atoms with Crippen LogP contribution < -0.4 is 5.32 Å². The van der Waals surface area contributed by atoms with Crippen molar-refractivity contribution < 1.29 is 9.53 Å². The molecule has 0 spiro atoms. The highest BCUT2D eigenvalue weighted by molar-refractivity contribution is 6.07. The van der Waals surface area contributed by atoms with Crippen molar-refractivity contribution in [2.24, 2.45) is 4.99 Å². The maximum atomic E-state index is 11.1. The number of hydrogen-bond acceptors (Lipinski definition) is 4. The topological polar surface area (TPSA) is 74.5 Å². The fourth-order valence-electron chi connectivity index (χ4n) is 1.22. The Bertz CT molecular complexity index is 381. The molecular formula is C11H15N3O2. The van der Waals surface area contributed by atoms with Crippen LogP contribution in [0.15, 0.2) is 28.4 Å². The molecule has 0 radical (unpaired) electrons. The van der Waals surface area contributed by atoms with Crippen LogP contribution in [0.5, 0.6) is 0 Å². The van der Waals surface area contributed by atoms with Crippen molar-refractivity contribution in [3.8, 4) is 0 Å². The lowest BCUT2D eigenvalue weighted by Gasteiger charge is -2.11. The molecule has 5 heteroatoms. The van der Waals surface area contributed by atoms with Crippen molar-refractivity contribution in [1.29, 1.82) is 5.41 Å². The second-order valence-corrected chi connectivity index (χ2v) is 3.18. The molecule has 0 aromatic rings. The van der Waals surface area contributed by atoms with Crippen molar-refractivity contribution in [1.82, 2.24) is 5.32 Å². The van der Waals surface area contributed by atoms with E-state index < -0.39 is 0 Å². The Balaban J connectivity index is 2.57. The third-order valence-corrected chi connectivity index (χ3v) is 2.01. The van der Waals surface area contributed by atoms with Gasteiger partial charge < -0.3 is 10.1 Å². The lowest BCUT2D eigenvalue weighted by atomic mass is 10.1. The standard InChI is InChI=1S/C11H15N3O2/c1-3-16-10(15)7-14-8(2)9-5-4-6-13-11(9)12/h4-6,12,14H,3,7H2,1-2H3/b9-8-,12-11?. The zero-order valence-electron chi connectivity index (χ0n) is 9.41. The van der Waals surface area contributed by atoms with Crippen molar-refractivity contribution in [2.75, 3.05) is 13.2 Å². The third kappa shape index (κ3) is 3.34. The molecule has 86 valence electrons. The molecule has 0 amide bonds. The van der Waals surface area contributed by atoms with Crippen LogP contribution >= 0.6 is 0 Å². The predicted molar refractivity (Wildman–Crippen MR) is 62.7 cm³/mol. The van der Waals surface area contributed by atoms with Crippen molar-refractivity contribution in [3.05, 3.63) is 23.4 Å². The summed E-state index contributed by atoms with van der Waals surface area (Å²) >= 11 is 0. The van der Waals surface area contributed by atoms with Gasteiger partial charge in [-0.2, -0.15) is 0 Å². The number of nitrogens with zero attached hydrogens (tertiary/aromatic N) is 1. The van der Waals surface area contributed by atoms with E-state index in [1.807, 2.05) is 0 Å². The minimum Gasteiger partial charge on any atom is -0.465 e. The molecule has 1 aliphatic heterocycles. The molecule has 0 saturated heterocycles. The van der Waals surface area contributed by atoms with E-state index in [4.69, 9.17) is 10.1 Å². The van der Waals surface area contributed by atoms with Gasteiger partial charge in [0.2, 0.25) is 0 Å². The summed E-state index contributed by atoms with van der Waals surface area (Å²) in [5.41, 5.74) is 1.43. The molecule has 0 aromatic heterocycles. The molecule has 1 aliphatic rings. The van der Waals surface area contributed by atoms with Crippen LogP contribution in [0.2, 0.25) is 0 Å². The SMILES string of the molecule is CCOC(=O)CN/C(C)=C1/C=CC=NC1=N. The van der Waals surface area contributed by atoms with Gasteiger partial charge in [0.25, 0.3) is 0 Å². The Kier molecular flexibility index (Phi) is 4.44. The van der Waals surface area contributed by atoms with Gasteiger partial charge >= 0.3 is 5.97 Å². The summed E-state index contributed by atoms with van der Waals surface area (Å²) in [7, 11) is 0. The average molecular weight is 221 g/mol. The van der Waals surface area contributed by atoms with Crippen LogP contribution in [0, 0.1) is 5.41 Å². The Morgan fingerprint density at radius 2 is 2.38 bits per heavy atom. The first-order chi connectivity index (χ1) is 7.65. The van der Waals surface area contributed by atoms with E-state index in [1.165, 1.54) is 0 Å². The number of ether oxygens (including phenoxy) is 1. The lowest BCUT2D eigenvalue weighted by Crippen LogP contribution is -2.25. The van der Waals surface area contributed by atoms with Crippen molar-refractivity contribution in [3.63, 3.8) is 0 Å². The van der Waals surface area contributed by atoms with Gasteiger partial charge in [-0.3, -0.25) is 10.2 Å². The van der Waals surface area contributed by atoms with E-state index in [2.05, 4.69) is 10.3 Å². The Hall–Kier alpha value is -1.91. The highest BCUT2D eigenvalue weighted by atomic mass is 16.5. The summed E-state index contributed by atoms with van der Waals surface area (Å²) in [5.74, 6) is -0.117. The number of dihydropyridines is 1. The monoisotopic (exact) mass is 221 g/mol. The first kappa shape index (κ1) is 12.2. The van der Waals surface area contributed by atoms with Gasteiger partial charge in [0, 0.05) is 17.5 Å². The van der Waals surface area contributed by atoms with E-state index in [9.17, 15) is 4.79 Å². The summed E-state index contributed by atoms with van der Waals surface area (Å²) in [6.45, 7) is 4.04. The number of hydrogen-bond donors (Lipinski definition) is 2. The molecule has 0 aliphatic carbocycles. The molecule has 0 fully saturated rings. The molecular weight excluding hydrogens is 206 g/mol. The lowest BCUT2D eigenvalue weighted by molar-refractivity contribution is -0.141. The molecule has 1 heterocycles. The normalized spacial score (nSPS) is 17.2. The van der Waals surface area contributed by atoms with Crippen LogP contribution in [0.4, 0.5) is 0 Å². The van der Waals surface area contributed by atoms with Crippen molar-refractivity contribution >= 4 is 18.0 Å². The summed E-state index contributed by atoms with van der Waals surface area (Å²) in [6, 6.07) is 0. The van der Waals surface area contributed by atoms with Crippen LogP contribution in [0.1, 0.15) is 13.8 Å². The van der Waals surface area contributed by atoms with Gasteiger partial charge in [0.05, 0.1) is 6.61 Å². The zero-order valence-corrected chi connectivity index (χ0v) is 9.41. The average Bonchev–Trinajstić information content (AvgIpc) is 2.27. The highest BCUT2D eigenvalue weighted by Gasteiger charge is 2.08. The Morgan fingerprint density at radius 3 is 3.00 bits per heavy atom. The summed E-state index contributed by atoms with van der Waals surface area (Å²) in [5, 5.41) is 10.5. The smallest absolute Gasteiger partial charge is 0.325 e. The van der Waals surface area contributed by atoms with Crippen LogP contribution in [0.3, 0.4) is 0 Å². The minimum absolute atomic E-state index is 0.105.